The largest absolute Gasteiger partial charge is 0.376 e. The van der Waals surface area contributed by atoms with Gasteiger partial charge in [-0.25, -0.2) is 0 Å². The number of hydrogen-bond acceptors (Lipinski definition) is 4. The summed E-state index contributed by atoms with van der Waals surface area (Å²) in [6.07, 6.45) is 1.38. The Morgan fingerprint density at radius 1 is 1.47 bits per heavy atom. The van der Waals surface area contributed by atoms with Crippen LogP contribution in [0.25, 0.3) is 0 Å². The number of aromatic nitrogens is 2. The van der Waals surface area contributed by atoms with Crippen molar-refractivity contribution in [3.63, 3.8) is 0 Å². The molecule has 0 N–H and O–H groups in total. The van der Waals surface area contributed by atoms with Gasteiger partial charge in [0.15, 0.2) is 5.15 Å². The Kier molecular flexibility index (Phi) is 4.31. The fourth-order valence-electron chi connectivity index (χ4n) is 2.12. The van der Waals surface area contributed by atoms with Gasteiger partial charge in [0.1, 0.15) is 0 Å². The normalized spacial score (nSPS) is 26.1. The first-order chi connectivity index (χ1) is 8.19. The zero-order valence-corrected chi connectivity index (χ0v) is 11.0. The second-order valence-corrected chi connectivity index (χ2v) is 4.87. The molecule has 2 atom stereocenters. The second kappa shape index (κ2) is 5.76. The van der Waals surface area contributed by atoms with Crippen LogP contribution in [0.5, 0.6) is 0 Å². The van der Waals surface area contributed by atoms with Gasteiger partial charge >= 0.3 is 0 Å². The van der Waals surface area contributed by atoms with Gasteiger partial charge in [0.2, 0.25) is 0 Å². The van der Waals surface area contributed by atoms with E-state index in [0.29, 0.717) is 11.2 Å². The predicted octanol–water partition coefficient (Wildman–Crippen LogP) is 2.13. The van der Waals surface area contributed by atoms with E-state index in [2.05, 4.69) is 28.9 Å². The van der Waals surface area contributed by atoms with E-state index < -0.39 is 0 Å². The zero-order chi connectivity index (χ0) is 12.3. The highest BCUT2D eigenvalue weighted by Gasteiger charge is 2.25. The molecule has 2 heterocycles. The van der Waals surface area contributed by atoms with Gasteiger partial charge in [-0.15, -0.1) is 5.10 Å². The Labute approximate surface area is 107 Å². The molecule has 1 aliphatic rings. The molecule has 0 bridgehead atoms. The highest BCUT2D eigenvalue weighted by Crippen LogP contribution is 2.17. The maximum absolute atomic E-state index is 5.73. The highest BCUT2D eigenvalue weighted by atomic mass is 35.5. The molecule has 5 heteroatoms. The van der Waals surface area contributed by atoms with Crippen molar-refractivity contribution in [2.75, 3.05) is 13.2 Å². The third kappa shape index (κ3) is 3.37. The lowest BCUT2D eigenvalue weighted by atomic mass is 10.1. The molecule has 0 amide bonds. The number of halogens is 1. The maximum Gasteiger partial charge on any atom is 0.151 e. The third-order valence-corrected chi connectivity index (χ3v) is 3.31. The molecule has 1 fully saturated rings. The van der Waals surface area contributed by atoms with Crippen molar-refractivity contribution in [3.8, 4) is 0 Å². The first kappa shape index (κ1) is 12.7. The Morgan fingerprint density at radius 3 is 2.94 bits per heavy atom. The molecule has 1 aliphatic heterocycles. The molecule has 1 aromatic rings. The third-order valence-electron chi connectivity index (χ3n) is 3.10. The van der Waals surface area contributed by atoms with Gasteiger partial charge in [0.25, 0.3) is 0 Å². The van der Waals surface area contributed by atoms with Crippen LogP contribution in [0.15, 0.2) is 12.1 Å². The van der Waals surface area contributed by atoms with Gasteiger partial charge in [-0.1, -0.05) is 18.5 Å². The summed E-state index contributed by atoms with van der Waals surface area (Å²) in [7, 11) is 0. The topological polar surface area (TPSA) is 38.2 Å². The minimum Gasteiger partial charge on any atom is -0.376 e. The average molecular weight is 256 g/mol. The summed E-state index contributed by atoms with van der Waals surface area (Å²) in [6, 6.07) is 4.19. The van der Waals surface area contributed by atoms with Crippen LogP contribution in [0, 0.1) is 0 Å². The molecule has 4 nitrogen and oxygen atoms in total. The molecule has 0 radical (unpaired) electrons. The second-order valence-electron chi connectivity index (χ2n) is 4.48. The van der Waals surface area contributed by atoms with E-state index in [1.807, 2.05) is 6.07 Å². The summed E-state index contributed by atoms with van der Waals surface area (Å²) in [4.78, 5) is 2.41. The lowest BCUT2D eigenvalue weighted by Crippen LogP contribution is -2.48. The number of morpholine rings is 1. The number of hydrogen-bond donors (Lipinski definition) is 0. The molecule has 94 valence electrons. The van der Waals surface area contributed by atoms with Gasteiger partial charge in [-0.2, -0.15) is 5.10 Å². The summed E-state index contributed by atoms with van der Waals surface area (Å²) < 4.78 is 5.67. The van der Waals surface area contributed by atoms with Crippen LogP contribution in [0.4, 0.5) is 0 Å². The van der Waals surface area contributed by atoms with Gasteiger partial charge in [0, 0.05) is 19.1 Å². The van der Waals surface area contributed by atoms with E-state index in [-0.39, 0.29) is 6.10 Å². The number of rotatable bonds is 3. The highest BCUT2D eigenvalue weighted by molar-refractivity contribution is 6.29. The fourth-order valence-corrected chi connectivity index (χ4v) is 2.22. The lowest BCUT2D eigenvalue weighted by molar-refractivity contribution is -0.0596. The van der Waals surface area contributed by atoms with Crippen LogP contribution in [-0.2, 0) is 11.3 Å². The smallest absolute Gasteiger partial charge is 0.151 e. The predicted molar refractivity (Wildman–Crippen MR) is 66.9 cm³/mol. The van der Waals surface area contributed by atoms with Crippen LogP contribution in [0.3, 0.4) is 0 Å². The molecule has 0 aliphatic carbocycles. The monoisotopic (exact) mass is 255 g/mol. The minimum absolute atomic E-state index is 0.290. The van der Waals surface area contributed by atoms with E-state index in [9.17, 15) is 0 Å². The maximum atomic E-state index is 5.73. The standard InChI is InChI=1S/C12H18ClN3O/c1-3-11-8-17-9(2)6-16(11)7-10-4-5-12(13)15-14-10/h4-5,9,11H,3,6-8H2,1-2H3. The van der Waals surface area contributed by atoms with Gasteiger partial charge in [0.05, 0.1) is 18.4 Å². The summed E-state index contributed by atoms with van der Waals surface area (Å²) in [5.74, 6) is 0. The zero-order valence-electron chi connectivity index (χ0n) is 10.3. The van der Waals surface area contributed by atoms with Crippen molar-refractivity contribution >= 4 is 11.6 Å². The van der Waals surface area contributed by atoms with Crippen molar-refractivity contribution < 1.29 is 4.74 Å². The van der Waals surface area contributed by atoms with Crippen molar-refractivity contribution in [1.82, 2.24) is 15.1 Å². The Morgan fingerprint density at radius 2 is 2.29 bits per heavy atom. The minimum atomic E-state index is 0.290. The molecule has 17 heavy (non-hydrogen) atoms. The van der Waals surface area contributed by atoms with Gasteiger partial charge in [-0.3, -0.25) is 4.90 Å². The molecule has 2 rings (SSSR count). The number of ether oxygens (including phenoxy) is 1. The fraction of sp³-hybridized carbons (Fsp3) is 0.667. The molecule has 0 aromatic carbocycles. The summed E-state index contributed by atoms with van der Waals surface area (Å²) in [5.41, 5.74) is 0.960. The molecular weight excluding hydrogens is 238 g/mol. The Hall–Kier alpha value is -0.710. The molecule has 0 spiro atoms. The van der Waals surface area contributed by atoms with E-state index in [1.165, 1.54) is 0 Å². The molecule has 1 saturated heterocycles. The lowest BCUT2D eigenvalue weighted by Gasteiger charge is -2.37. The summed E-state index contributed by atoms with van der Waals surface area (Å²) >= 11 is 5.73. The summed E-state index contributed by atoms with van der Waals surface area (Å²) in [5, 5.41) is 8.41. The molecule has 0 saturated carbocycles. The van der Waals surface area contributed by atoms with Crippen LogP contribution >= 0.6 is 11.6 Å². The Bertz CT molecular complexity index is 357. The average Bonchev–Trinajstić information content (AvgIpc) is 2.32. The first-order valence-electron chi connectivity index (χ1n) is 6.02. The van der Waals surface area contributed by atoms with Crippen molar-refractivity contribution in [3.05, 3.63) is 23.0 Å². The Balaban J connectivity index is 2.02. The van der Waals surface area contributed by atoms with Crippen molar-refractivity contribution in [1.29, 1.82) is 0 Å². The number of nitrogens with zero attached hydrogens (tertiary/aromatic N) is 3. The molecule has 1 aromatic heterocycles. The van der Waals surface area contributed by atoms with Gasteiger partial charge in [-0.05, 0) is 25.5 Å². The van der Waals surface area contributed by atoms with Crippen LogP contribution in [0.1, 0.15) is 26.0 Å². The molecular formula is C12H18ClN3O. The SMILES string of the molecule is CCC1COC(C)CN1Cc1ccc(Cl)nn1. The van der Waals surface area contributed by atoms with E-state index in [0.717, 1.165) is 31.8 Å². The quantitative estimate of drug-likeness (QED) is 0.829. The van der Waals surface area contributed by atoms with Gasteiger partial charge < -0.3 is 4.74 Å². The van der Waals surface area contributed by atoms with Crippen molar-refractivity contribution in [2.45, 2.75) is 39.0 Å². The first-order valence-corrected chi connectivity index (χ1v) is 6.40. The summed E-state index contributed by atoms with van der Waals surface area (Å²) in [6.45, 7) is 6.86. The van der Waals surface area contributed by atoms with Crippen LogP contribution in [-0.4, -0.2) is 40.4 Å². The van der Waals surface area contributed by atoms with Crippen LogP contribution in [0.2, 0.25) is 5.15 Å². The van der Waals surface area contributed by atoms with E-state index in [1.54, 1.807) is 6.07 Å². The van der Waals surface area contributed by atoms with E-state index in [4.69, 9.17) is 16.3 Å². The van der Waals surface area contributed by atoms with E-state index >= 15 is 0 Å². The molecule has 2 unspecified atom stereocenters. The van der Waals surface area contributed by atoms with Crippen molar-refractivity contribution in [2.24, 2.45) is 0 Å². The van der Waals surface area contributed by atoms with Crippen LogP contribution < -0.4 is 0 Å².